The molecule has 4 rings (SSSR count). The number of para-hydroxylation sites is 1. The smallest absolute Gasteiger partial charge is 0.224 e. The van der Waals surface area contributed by atoms with Crippen LogP contribution in [0.15, 0.2) is 54.6 Å². The van der Waals surface area contributed by atoms with Crippen LogP contribution in [-0.2, 0) is 11.3 Å². The van der Waals surface area contributed by atoms with Crippen LogP contribution in [-0.4, -0.2) is 44.7 Å². The van der Waals surface area contributed by atoms with Gasteiger partial charge in [0, 0.05) is 31.0 Å². The molecule has 0 N–H and O–H groups in total. The maximum atomic E-state index is 12.7. The number of fused-ring (bicyclic) bond motifs is 1. The highest BCUT2D eigenvalue weighted by Gasteiger charge is 2.28. The van der Waals surface area contributed by atoms with E-state index in [1.165, 1.54) is 0 Å². The fourth-order valence-electron chi connectivity index (χ4n) is 3.70. The zero-order valence-electron chi connectivity index (χ0n) is 15.1. The first kappa shape index (κ1) is 17.4. The van der Waals surface area contributed by atoms with Gasteiger partial charge in [-0.15, -0.1) is 5.10 Å². The minimum atomic E-state index is -0.114. The number of piperidine rings is 1. The lowest BCUT2D eigenvalue weighted by molar-refractivity contribution is -0.132. The third-order valence-corrected chi connectivity index (χ3v) is 5.16. The number of aromatic nitrogens is 3. The van der Waals surface area contributed by atoms with Gasteiger partial charge in [-0.2, -0.15) is 0 Å². The topological polar surface area (TPSA) is 68.1 Å². The van der Waals surface area contributed by atoms with Crippen LogP contribution in [0.25, 0.3) is 11.0 Å². The first-order chi connectivity index (χ1) is 13.2. The van der Waals surface area contributed by atoms with Gasteiger partial charge in [-0.1, -0.05) is 47.7 Å². The summed E-state index contributed by atoms with van der Waals surface area (Å²) < 4.78 is 1.77. The van der Waals surface area contributed by atoms with E-state index in [2.05, 4.69) is 10.3 Å². The molecular weight excluding hydrogens is 340 g/mol. The summed E-state index contributed by atoms with van der Waals surface area (Å²) in [5, 5.41) is 8.26. The molecule has 1 amide bonds. The molecule has 1 fully saturated rings. The number of nitrogens with zero attached hydrogens (tertiary/aromatic N) is 4. The molecule has 0 unspecified atom stereocenters. The van der Waals surface area contributed by atoms with Crippen molar-refractivity contribution in [2.75, 3.05) is 13.1 Å². The third kappa shape index (κ3) is 3.74. The molecule has 1 aliphatic rings. The minimum Gasteiger partial charge on any atom is -0.342 e. The molecule has 6 heteroatoms. The van der Waals surface area contributed by atoms with Crippen molar-refractivity contribution < 1.29 is 9.59 Å². The summed E-state index contributed by atoms with van der Waals surface area (Å²) in [5.41, 5.74) is 2.49. The van der Waals surface area contributed by atoms with Gasteiger partial charge in [0.2, 0.25) is 5.91 Å². The molecule has 27 heavy (non-hydrogen) atoms. The number of aryl methyl sites for hydroxylation is 1. The number of carbonyl (C=O) groups excluding carboxylic acids is 2. The lowest BCUT2D eigenvalue weighted by Gasteiger charge is -2.32. The molecule has 138 valence electrons. The van der Waals surface area contributed by atoms with Gasteiger partial charge in [-0.3, -0.25) is 9.59 Å². The van der Waals surface area contributed by atoms with Gasteiger partial charge >= 0.3 is 0 Å². The number of benzene rings is 2. The van der Waals surface area contributed by atoms with Crippen molar-refractivity contribution in [1.82, 2.24) is 19.9 Å². The molecule has 0 saturated carbocycles. The molecule has 0 bridgehead atoms. The number of hydrogen-bond acceptors (Lipinski definition) is 4. The van der Waals surface area contributed by atoms with Crippen molar-refractivity contribution in [1.29, 1.82) is 0 Å². The zero-order valence-corrected chi connectivity index (χ0v) is 15.1. The van der Waals surface area contributed by atoms with Gasteiger partial charge in [0.05, 0.1) is 12.1 Å². The van der Waals surface area contributed by atoms with Crippen molar-refractivity contribution in [2.45, 2.75) is 25.8 Å². The average molecular weight is 362 g/mol. The summed E-state index contributed by atoms with van der Waals surface area (Å²) in [7, 11) is 0. The molecule has 0 aliphatic carbocycles. The Morgan fingerprint density at radius 2 is 1.81 bits per heavy atom. The Hall–Kier alpha value is -3.02. The van der Waals surface area contributed by atoms with Crippen molar-refractivity contribution in [2.24, 2.45) is 5.92 Å². The maximum Gasteiger partial charge on any atom is 0.224 e. The van der Waals surface area contributed by atoms with E-state index in [1.807, 2.05) is 59.5 Å². The van der Waals surface area contributed by atoms with E-state index in [0.29, 0.717) is 19.5 Å². The zero-order chi connectivity index (χ0) is 18.6. The summed E-state index contributed by atoms with van der Waals surface area (Å²) in [6.45, 7) is 1.72. The molecule has 0 spiro atoms. The van der Waals surface area contributed by atoms with E-state index in [-0.39, 0.29) is 17.6 Å². The molecular formula is C21H22N4O2. The fourth-order valence-corrected chi connectivity index (χ4v) is 3.70. The Morgan fingerprint density at radius 1 is 1.04 bits per heavy atom. The van der Waals surface area contributed by atoms with Crippen LogP contribution in [0.5, 0.6) is 0 Å². The summed E-state index contributed by atoms with van der Waals surface area (Å²) in [4.78, 5) is 27.2. The summed E-state index contributed by atoms with van der Waals surface area (Å²) in [6.07, 6.45) is 2.06. The van der Waals surface area contributed by atoms with Gasteiger partial charge < -0.3 is 4.90 Å². The number of carbonyl (C=O) groups is 2. The standard InChI is InChI=1S/C21H22N4O2/c26-20(12-14-25-19-11-5-4-10-18(19)22-23-25)24-13-6-9-17(15-24)21(27)16-7-2-1-3-8-16/h1-5,7-8,10-11,17H,6,9,12-15H2/t17-/m1/s1. The first-order valence-corrected chi connectivity index (χ1v) is 9.37. The lowest BCUT2D eigenvalue weighted by atomic mass is 9.90. The number of amides is 1. The summed E-state index contributed by atoms with van der Waals surface area (Å²) in [5.74, 6) is 0.0906. The average Bonchev–Trinajstić information content (AvgIpc) is 3.15. The highest BCUT2D eigenvalue weighted by Crippen LogP contribution is 2.22. The van der Waals surface area contributed by atoms with E-state index in [0.717, 1.165) is 36.0 Å². The van der Waals surface area contributed by atoms with E-state index < -0.39 is 0 Å². The lowest BCUT2D eigenvalue weighted by Crippen LogP contribution is -2.42. The van der Waals surface area contributed by atoms with Crippen LogP contribution in [0.3, 0.4) is 0 Å². The first-order valence-electron chi connectivity index (χ1n) is 9.37. The molecule has 3 aromatic rings. The molecule has 2 heterocycles. The number of likely N-dealkylation sites (tertiary alicyclic amines) is 1. The van der Waals surface area contributed by atoms with E-state index in [9.17, 15) is 9.59 Å². The fraction of sp³-hybridized carbons (Fsp3) is 0.333. The van der Waals surface area contributed by atoms with Crippen LogP contribution in [0.4, 0.5) is 0 Å². The minimum absolute atomic E-state index is 0.0696. The predicted octanol–water partition coefficient (Wildman–Crippen LogP) is 2.94. The van der Waals surface area contributed by atoms with Crippen molar-refractivity contribution >= 4 is 22.7 Å². The van der Waals surface area contributed by atoms with Crippen LogP contribution in [0.2, 0.25) is 0 Å². The van der Waals surface area contributed by atoms with Crippen LogP contribution in [0.1, 0.15) is 29.6 Å². The molecule has 1 saturated heterocycles. The van der Waals surface area contributed by atoms with Crippen LogP contribution >= 0.6 is 0 Å². The second-order valence-electron chi connectivity index (χ2n) is 6.96. The van der Waals surface area contributed by atoms with Crippen molar-refractivity contribution in [3.05, 3.63) is 60.2 Å². The molecule has 2 aromatic carbocycles. The predicted molar refractivity (Wildman–Crippen MR) is 102 cm³/mol. The number of rotatable bonds is 5. The Bertz CT molecular complexity index is 951. The van der Waals surface area contributed by atoms with E-state index in [1.54, 1.807) is 4.68 Å². The number of Topliss-reactive ketones (excluding diaryl/α,β-unsaturated/α-hetero) is 1. The van der Waals surface area contributed by atoms with Crippen molar-refractivity contribution in [3.8, 4) is 0 Å². The molecule has 0 radical (unpaired) electrons. The largest absolute Gasteiger partial charge is 0.342 e. The molecule has 1 aliphatic heterocycles. The summed E-state index contributed by atoms with van der Waals surface area (Å²) >= 11 is 0. The van der Waals surface area contributed by atoms with Gasteiger partial charge in [-0.25, -0.2) is 4.68 Å². The number of hydrogen-bond donors (Lipinski definition) is 0. The molecule has 1 aromatic heterocycles. The monoisotopic (exact) mass is 362 g/mol. The Kier molecular flexibility index (Phi) is 4.96. The van der Waals surface area contributed by atoms with E-state index in [4.69, 9.17) is 0 Å². The van der Waals surface area contributed by atoms with Gasteiger partial charge in [0.15, 0.2) is 5.78 Å². The SMILES string of the molecule is O=C(c1ccccc1)[C@@H]1CCCN(C(=O)CCn2nnc3ccccc32)C1. The third-order valence-electron chi connectivity index (χ3n) is 5.16. The summed E-state index contributed by atoms with van der Waals surface area (Å²) in [6, 6.07) is 17.1. The van der Waals surface area contributed by atoms with Gasteiger partial charge in [-0.05, 0) is 25.0 Å². The van der Waals surface area contributed by atoms with E-state index >= 15 is 0 Å². The molecule has 1 atom stereocenters. The maximum absolute atomic E-state index is 12.7. The van der Waals surface area contributed by atoms with Crippen molar-refractivity contribution in [3.63, 3.8) is 0 Å². The second kappa shape index (κ2) is 7.70. The Morgan fingerprint density at radius 3 is 2.67 bits per heavy atom. The Balaban J connectivity index is 1.38. The van der Waals surface area contributed by atoms with Crippen LogP contribution < -0.4 is 0 Å². The highest BCUT2D eigenvalue weighted by molar-refractivity contribution is 5.98. The van der Waals surface area contributed by atoms with Crippen LogP contribution in [0, 0.1) is 5.92 Å². The van der Waals surface area contributed by atoms with Gasteiger partial charge in [0.1, 0.15) is 5.52 Å². The second-order valence-corrected chi connectivity index (χ2v) is 6.96. The molecule has 6 nitrogen and oxygen atoms in total. The normalized spacial score (nSPS) is 17.2. The van der Waals surface area contributed by atoms with Gasteiger partial charge in [0.25, 0.3) is 0 Å². The number of ketones is 1. The quantitative estimate of drug-likeness (QED) is 0.655. The Labute approximate surface area is 157 Å². The highest BCUT2D eigenvalue weighted by atomic mass is 16.2.